The first-order valence-electron chi connectivity index (χ1n) is 9.64. The Balaban J connectivity index is 1.47. The highest BCUT2D eigenvalue weighted by atomic mass is 127. The predicted octanol–water partition coefficient (Wildman–Crippen LogP) is 5.99. The SMILES string of the molecule is O=C1/C(=C/c2cc(I)c(OCc3ccc(F)cc3)c(I)c2)SC(=S)N1C[C@H]1CCCO1. The summed E-state index contributed by atoms with van der Waals surface area (Å²) in [5, 5.41) is 0. The summed E-state index contributed by atoms with van der Waals surface area (Å²) in [4.78, 5) is 15.1. The van der Waals surface area contributed by atoms with E-state index in [0.717, 1.165) is 43.5 Å². The van der Waals surface area contributed by atoms with E-state index in [9.17, 15) is 9.18 Å². The van der Waals surface area contributed by atoms with Gasteiger partial charge in [0.05, 0.1) is 24.7 Å². The zero-order chi connectivity index (χ0) is 22.0. The minimum Gasteiger partial charge on any atom is -0.487 e. The van der Waals surface area contributed by atoms with Crippen LogP contribution in [-0.4, -0.2) is 34.4 Å². The molecule has 31 heavy (non-hydrogen) atoms. The molecule has 2 aromatic rings. The second-order valence-electron chi connectivity index (χ2n) is 7.16. The maximum atomic E-state index is 13.1. The Morgan fingerprint density at radius 1 is 1.26 bits per heavy atom. The molecule has 0 aromatic heterocycles. The fraction of sp³-hybridized carbons (Fsp3) is 0.273. The van der Waals surface area contributed by atoms with Gasteiger partial charge in [-0.25, -0.2) is 4.39 Å². The molecule has 9 heteroatoms. The Hall–Kier alpha value is -0.760. The maximum absolute atomic E-state index is 13.1. The number of halogens is 3. The Morgan fingerprint density at radius 2 is 1.97 bits per heavy atom. The number of carbonyl (C=O) groups excluding carboxylic acids is 1. The van der Waals surface area contributed by atoms with Crippen molar-refractivity contribution in [1.82, 2.24) is 4.90 Å². The van der Waals surface area contributed by atoms with Crippen LogP contribution in [0.5, 0.6) is 5.75 Å². The average molecular weight is 681 g/mol. The molecule has 0 unspecified atom stereocenters. The van der Waals surface area contributed by atoms with E-state index in [4.69, 9.17) is 21.7 Å². The molecule has 2 fully saturated rings. The van der Waals surface area contributed by atoms with E-state index in [1.165, 1.54) is 23.9 Å². The first kappa shape index (κ1) is 23.4. The highest BCUT2D eigenvalue weighted by Crippen LogP contribution is 2.35. The van der Waals surface area contributed by atoms with Crippen molar-refractivity contribution in [2.45, 2.75) is 25.6 Å². The van der Waals surface area contributed by atoms with Gasteiger partial charge in [0.15, 0.2) is 0 Å². The molecular formula is C22H18FI2NO3S2. The summed E-state index contributed by atoms with van der Waals surface area (Å²) >= 11 is 11.2. The molecule has 4 rings (SSSR count). The number of rotatable bonds is 6. The van der Waals surface area contributed by atoms with E-state index >= 15 is 0 Å². The lowest BCUT2D eigenvalue weighted by atomic mass is 10.2. The lowest BCUT2D eigenvalue weighted by Crippen LogP contribution is -2.35. The normalized spacial score (nSPS) is 20.2. The van der Waals surface area contributed by atoms with Crippen molar-refractivity contribution in [3.8, 4) is 5.75 Å². The number of thioether (sulfide) groups is 1. The van der Waals surface area contributed by atoms with Crippen molar-refractivity contribution in [2.24, 2.45) is 0 Å². The summed E-state index contributed by atoms with van der Waals surface area (Å²) < 4.78 is 27.2. The van der Waals surface area contributed by atoms with E-state index < -0.39 is 0 Å². The summed E-state index contributed by atoms with van der Waals surface area (Å²) in [6.45, 7) is 1.63. The zero-order valence-corrected chi connectivity index (χ0v) is 22.2. The molecule has 0 N–H and O–H groups in total. The van der Waals surface area contributed by atoms with Gasteiger partial charge in [0.2, 0.25) is 0 Å². The highest BCUT2D eigenvalue weighted by molar-refractivity contribution is 14.1. The van der Waals surface area contributed by atoms with Crippen molar-refractivity contribution < 1.29 is 18.7 Å². The van der Waals surface area contributed by atoms with E-state index in [2.05, 4.69) is 45.2 Å². The van der Waals surface area contributed by atoms with E-state index in [-0.39, 0.29) is 17.8 Å². The number of carbonyl (C=O) groups is 1. The van der Waals surface area contributed by atoms with E-state index in [1.807, 2.05) is 18.2 Å². The first-order valence-corrected chi connectivity index (χ1v) is 13.0. The van der Waals surface area contributed by atoms with Crippen LogP contribution in [0, 0.1) is 13.0 Å². The zero-order valence-electron chi connectivity index (χ0n) is 16.3. The summed E-state index contributed by atoms with van der Waals surface area (Å²) in [7, 11) is 0. The van der Waals surface area contributed by atoms with Gasteiger partial charge in [0.25, 0.3) is 5.91 Å². The predicted molar refractivity (Wildman–Crippen MR) is 141 cm³/mol. The molecule has 2 heterocycles. The standard InChI is InChI=1S/C22H18FI2NO3S2/c23-15-5-3-13(4-6-15)12-29-20-17(24)8-14(9-18(20)25)10-19-21(27)26(22(30)31-19)11-16-2-1-7-28-16/h3-6,8-10,16H,1-2,7,11-12H2/b19-10-/t16-/m1/s1. The Bertz CT molecular complexity index is 1020. The van der Waals surface area contributed by atoms with Crippen LogP contribution in [0.1, 0.15) is 24.0 Å². The van der Waals surface area contributed by atoms with Gasteiger partial charge in [-0.15, -0.1) is 0 Å². The number of benzene rings is 2. The number of thiocarbonyl (C=S) groups is 1. The summed E-state index contributed by atoms with van der Waals surface area (Å²) in [5.41, 5.74) is 1.81. The minimum absolute atomic E-state index is 0.0628. The molecular weight excluding hydrogens is 663 g/mol. The van der Waals surface area contributed by atoms with E-state index in [1.54, 1.807) is 17.0 Å². The van der Waals surface area contributed by atoms with Crippen LogP contribution in [0.15, 0.2) is 41.3 Å². The summed E-state index contributed by atoms with van der Waals surface area (Å²) in [6.07, 6.45) is 3.94. The molecule has 2 aliphatic heterocycles. The maximum Gasteiger partial charge on any atom is 0.266 e. The first-order chi connectivity index (χ1) is 14.9. The second-order valence-corrected chi connectivity index (χ2v) is 11.2. The van der Waals surface area contributed by atoms with Gasteiger partial charge < -0.3 is 9.47 Å². The quantitative estimate of drug-likeness (QED) is 0.213. The number of amides is 1. The smallest absolute Gasteiger partial charge is 0.266 e. The lowest BCUT2D eigenvalue weighted by molar-refractivity contribution is -0.123. The van der Waals surface area contributed by atoms with Crippen molar-refractivity contribution in [3.05, 3.63) is 65.4 Å². The monoisotopic (exact) mass is 681 g/mol. The van der Waals surface area contributed by atoms with Gasteiger partial charge in [-0.2, -0.15) is 0 Å². The topological polar surface area (TPSA) is 38.8 Å². The fourth-order valence-corrected chi connectivity index (χ4v) is 6.74. The Morgan fingerprint density at radius 3 is 2.61 bits per heavy atom. The van der Waals surface area contributed by atoms with Crippen LogP contribution in [0.2, 0.25) is 0 Å². The molecule has 2 aromatic carbocycles. The van der Waals surface area contributed by atoms with Crippen LogP contribution < -0.4 is 4.74 Å². The van der Waals surface area contributed by atoms with Crippen LogP contribution in [0.4, 0.5) is 4.39 Å². The Kier molecular flexibility index (Phi) is 7.89. The largest absolute Gasteiger partial charge is 0.487 e. The van der Waals surface area contributed by atoms with Gasteiger partial charge in [-0.05, 0) is 99.5 Å². The molecule has 2 saturated heterocycles. The lowest BCUT2D eigenvalue weighted by Gasteiger charge is -2.18. The number of nitrogens with zero attached hydrogens (tertiary/aromatic N) is 1. The van der Waals surface area contributed by atoms with Crippen LogP contribution in [0.25, 0.3) is 6.08 Å². The number of hydrogen-bond donors (Lipinski definition) is 0. The fourth-order valence-electron chi connectivity index (χ4n) is 3.34. The molecule has 1 amide bonds. The Labute approximate surface area is 217 Å². The molecule has 0 radical (unpaired) electrons. The molecule has 1 atom stereocenters. The highest BCUT2D eigenvalue weighted by Gasteiger charge is 2.34. The van der Waals surface area contributed by atoms with Crippen molar-refractivity contribution in [1.29, 1.82) is 0 Å². The molecule has 0 spiro atoms. The molecule has 2 aliphatic rings. The van der Waals surface area contributed by atoms with E-state index in [0.29, 0.717) is 22.4 Å². The third-order valence-corrected chi connectivity index (χ3v) is 7.88. The molecule has 162 valence electrons. The van der Waals surface area contributed by atoms with Crippen LogP contribution >= 0.6 is 69.2 Å². The van der Waals surface area contributed by atoms with Crippen molar-refractivity contribution in [2.75, 3.05) is 13.2 Å². The minimum atomic E-state index is -0.265. The molecule has 0 aliphatic carbocycles. The average Bonchev–Trinajstić information content (AvgIpc) is 3.33. The number of ether oxygens (including phenoxy) is 2. The van der Waals surface area contributed by atoms with Crippen LogP contribution in [0.3, 0.4) is 0 Å². The van der Waals surface area contributed by atoms with Gasteiger partial charge in [-0.1, -0.05) is 36.1 Å². The molecule has 4 nitrogen and oxygen atoms in total. The second kappa shape index (κ2) is 10.4. The van der Waals surface area contributed by atoms with Crippen molar-refractivity contribution in [3.63, 3.8) is 0 Å². The van der Waals surface area contributed by atoms with Crippen LogP contribution in [-0.2, 0) is 16.1 Å². The summed E-state index contributed by atoms with van der Waals surface area (Å²) in [5.74, 6) is 0.444. The third kappa shape index (κ3) is 5.79. The van der Waals surface area contributed by atoms with Gasteiger partial charge in [0, 0.05) is 6.61 Å². The summed E-state index contributed by atoms with van der Waals surface area (Å²) in [6, 6.07) is 10.2. The third-order valence-electron chi connectivity index (χ3n) is 4.90. The molecule has 0 bridgehead atoms. The molecule has 0 saturated carbocycles. The van der Waals surface area contributed by atoms with Gasteiger partial charge in [0.1, 0.15) is 22.5 Å². The van der Waals surface area contributed by atoms with Crippen molar-refractivity contribution >= 4 is 85.5 Å². The number of hydrogen-bond acceptors (Lipinski definition) is 5. The van der Waals surface area contributed by atoms with Gasteiger partial charge >= 0.3 is 0 Å². The van der Waals surface area contributed by atoms with Gasteiger partial charge in [-0.3, -0.25) is 9.69 Å².